The molecule has 0 aliphatic carbocycles. The third kappa shape index (κ3) is 2.31. The molecule has 4 heteroatoms. The van der Waals surface area contributed by atoms with E-state index in [4.69, 9.17) is 9.47 Å². The first-order chi connectivity index (χ1) is 8.26. The van der Waals surface area contributed by atoms with Crippen molar-refractivity contribution in [1.82, 2.24) is 0 Å². The van der Waals surface area contributed by atoms with Gasteiger partial charge in [-0.1, -0.05) is 0 Å². The lowest BCUT2D eigenvalue weighted by Crippen LogP contribution is -2.00. The largest absolute Gasteiger partial charge is 0.493 e. The van der Waals surface area contributed by atoms with Gasteiger partial charge in [0.2, 0.25) is 0 Å². The summed E-state index contributed by atoms with van der Waals surface area (Å²) in [5.41, 5.74) is 1.29. The first-order valence-electron chi connectivity index (χ1n) is 5.05. The SMILES string of the molecule is COc1ccc(C(=O)c2ccsc2)cc1OC. The zero-order valence-corrected chi connectivity index (χ0v) is 10.4. The normalized spacial score (nSPS) is 10.0. The quantitative estimate of drug-likeness (QED) is 0.780. The average Bonchev–Trinajstić information content (AvgIpc) is 2.90. The van der Waals surface area contributed by atoms with E-state index in [1.807, 2.05) is 16.8 Å². The number of hydrogen-bond acceptors (Lipinski definition) is 4. The number of benzene rings is 1. The molecule has 0 aliphatic heterocycles. The van der Waals surface area contributed by atoms with Crippen molar-refractivity contribution >= 4 is 17.1 Å². The molecule has 0 bridgehead atoms. The van der Waals surface area contributed by atoms with Crippen LogP contribution in [0.2, 0.25) is 0 Å². The summed E-state index contributed by atoms with van der Waals surface area (Å²) >= 11 is 1.50. The van der Waals surface area contributed by atoms with E-state index in [-0.39, 0.29) is 5.78 Å². The van der Waals surface area contributed by atoms with Gasteiger partial charge >= 0.3 is 0 Å². The summed E-state index contributed by atoms with van der Waals surface area (Å²) in [5, 5.41) is 3.72. The minimum atomic E-state index is -0.00722. The Morgan fingerprint density at radius 2 is 1.82 bits per heavy atom. The van der Waals surface area contributed by atoms with Gasteiger partial charge in [-0.05, 0) is 29.6 Å². The maximum absolute atomic E-state index is 12.1. The van der Waals surface area contributed by atoms with Crippen molar-refractivity contribution in [2.75, 3.05) is 14.2 Å². The van der Waals surface area contributed by atoms with Crippen LogP contribution in [0.1, 0.15) is 15.9 Å². The number of carbonyl (C=O) groups excluding carboxylic acids is 1. The minimum Gasteiger partial charge on any atom is -0.493 e. The molecule has 3 nitrogen and oxygen atoms in total. The van der Waals surface area contributed by atoms with Crippen LogP contribution in [-0.4, -0.2) is 20.0 Å². The van der Waals surface area contributed by atoms with Crippen LogP contribution in [0.4, 0.5) is 0 Å². The molecule has 0 saturated carbocycles. The third-order valence-electron chi connectivity index (χ3n) is 2.43. The van der Waals surface area contributed by atoms with Crippen molar-refractivity contribution in [3.05, 3.63) is 46.2 Å². The maximum Gasteiger partial charge on any atom is 0.193 e. The molecule has 0 spiro atoms. The Kier molecular flexibility index (Phi) is 3.44. The molecule has 0 atom stereocenters. The Morgan fingerprint density at radius 1 is 1.06 bits per heavy atom. The molecule has 2 rings (SSSR count). The van der Waals surface area contributed by atoms with Crippen molar-refractivity contribution in [1.29, 1.82) is 0 Å². The summed E-state index contributed by atoms with van der Waals surface area (Å²) in [6, 6.07) is 6.97. The molecule has 0 amide bonds. The molecule has 88 valence electrons. The third-order valence-corrected chi connectivity index (χ3v) is 3.11. The smallest absolute Gasteiger partial charge is 0.193 e. The molecule has 1 heterocycles. The summed E-state index contributed by atoms with van der Waals surface area (Å²) in [6.07, 6.45) is 0. The van der Waals surface area contributed by atoms with Crippen LogP contribution in [0.25, 0.3) is 0 Å². The second-order valence-corrected chi connectivity index (χ2v) is 4.19. The van der Waals surface area contributed by atoms with E-state index in [0.717, 1.165) is 0 Å². The van der Waals surface area contributed by atoms with Crippen LogP contribution in [0.5, 0.6) is 11.5 Å². The molecule has 17 heavy (non-hydrogen) atoms. The van der Waals surface area contributed by atoms with Crippen molar-refractivity contribution in [3.8, 4) is 11.5 Å². The van der Waals surface area contributed by atoms with Crippen LogP contribution >= 0.6 is 11.3 Å². The van der Waals surface area contributed by atoms with E-state index in [1.165, 1.54) is 11.3 Å². The van der Waals surface area contributed by atoms with Crippen LogP contribution in [0.15, 0.2) is 35.0 Å². The molecule has 0 aliphatic rings. The molecule has 0 fully saturated rings. The summed E-state index contributed by atoms with van der Waals surface area (Å²) < 4.78 is 10.3. The van der Waals surface area contributed by atoms with Gasteiger partial charge in [-0.15, -0.1) is 0 Å². The zero-order chi connectivity index (χ0) is 12.3. The predicted molar refractivity (Wildman–Crippen MR) is 67.3 cm³/mol. The van der Waals surface area contributed by atoms with Crippen LogP contribution < -0.4 is 9.47 Å². The van der Waals surface area contributed by atoms with Gasteiger partial charge in [0, 0.05) is 16.5 Å². The fraction of sp³-hybridized carbons (Fsp3) is 0.154. The lowest BCUT2D eigenvalue weighted by Gasteiger charge is -2.08. The number of ketones is 1. The summed E-state index contributed by atoms with van der Waals surface area (Å²) in [4.78, 5) is 12.1. The molecule has 2 aromatic rings. The lowest BCUT2D eigenvalue weighted by atomic mass is 10.1. The van der Waals surface area contributed by atoms with Gasteiger partial charge in [0.1, 0.15) is 0 Å². The number of hydrogen-bond donors (Lipinski definition) is 0. The summed E-state index contributed by atoms with van der Waals surface area (Å²) in [6.45, 7) is 0. The van der Waals surface area contributed by atoms with Crippen molar-refractivity contribution in [2.24, 2.45) is 0 Å². The standard InChI is InChI=1S/C13H12O3S/c1-15-11-4-3-9(7-12(11)16-2)13(14)10-5-6-17-8-10/h3-8H,1-2H3. The average molecular weight is 248 g/mol. The van der Waals surface area contributed by atoms with Gasteiger partial charge in [0.05, 0.1) is 14.2 Å². The molecule has 0 N–H and O–H groups in total. The zero-order valence-electron chi connectivity index (χ0n) is 9.60. The van der Waals surface area contributed by atoms with E-state index < -0.39 is 0 Å². The maximum atomic E-state index is 12.1. The van der Waals surface area contributed by atoms with E-state index in [1.54, 1.807) is 32.4 Å². The molecule has 0 unspecified atom stereocenters. The Bertz CT molecular complexity index is 517. The highest BCUT2D eigenvalue weighted by atomic mass is 32.1. The van der Waals surface area contributed by atoms with Gasteiger partial charge in [-0.3, -0.25) is 4.79 Å². The first kappa shape index (κ1) is 11.7. The Labute approximate surface area is 104 Å². The van der Waals surface area contributed by atoms with Gasteiger partial charge < -0.3 is 9.47 Å². The minimum absolute atomic E-state index is 0.00722. The fourth-order valence-corrected chi connectivity index (χ4v) is 2.17. The van der Waals surface area contributed by atoms with Crippen molar-refractivity contribution < 1.29 is 14.3 Å². The van der Waals surface area contributed by atoms with Gasteiger partial charge in [-0.25, -0.2) is 0 Å². The van der Waals surface area contributed by atoms with Gasteiger partial charge in [0.15, 0.2) is 17.3 Å². The van der Waals surface area contributed by atoms with Crippen LogP contribution in [0, 0.1) is 0 Å². The molecular formula is C13H12O3S. The summed E-state index contributed by atoms with van der Waals surface area (Å²) in [7, 11) is 3.12. The first-order valence-corrected chi connectivity index (χ1v) is 5.99. The molecule has 1 aromatic carbocycles. The number of ether oxygens (including phenoxy) is 2. The van der Waals surface area contributed by atoms with E-state index in [2.05, 4.69) is 0 Å². The number of methoxy groups -OCH3 is 2. The van der Waals surface area contributed by atoms with E-state index in [0.29, 0.717) is 22.6 Å². The number of rotatable bonds is 4. The highest BCUT2D eigenvalue weighted by Gasteiger charge is 2.12. The second kappa shape index (κ2) is 5.01. The van der Waals surface area contributed by atoms with E-state index in [9.17, 15) is 4.79 Å². The molecule has 1 aromatic heterocycles. The molecule has 0 saturated heterocycles. The monoisotopic (exact) mass is 248 g/mol. The molecule has 0 radical (unpaired) electrons. The van der Waals surface area contributed by atoms with E-state index >= 15 is 0 Å². The highest BCUT2D eigenvalue weighted by molar-refractivity contribution is 7.08. The fourth-order valence-electron chi connectivity index (χ4n) is 1.54. The van der Waals surface area contributed by atoms with Crippen molar-refractivity contribution in [3.63, 3.8) is 0 Å². The van der Waals surface area contributed by atoms with Gasteiger partial charge in [0.25, 0.3) is 0 Å². The predicted octanol–water partition coefficient (Wildman–Crippen LogP) is 3.00. The Hall–Kier alpha value is -1.81. The topological polar surface area (TPSA) is 35.5 Å². The molecular weight excluding hydrogens is 236 g/mol. The van der Waals surface area contributed by atoms with Crippen LogP contribution in [-0.2, 0) is 0 Å². The summed E-state index contributed by atoms with van der Waals surface area (Å²) in [5.74, 6) is 1.18. The van der Waals surface area contributed by atoms with Crippen LogP contribution in [0.3, 0.4) is 0 Å². The number of thiophene rings is 1. The lowest BCUT2D eigenvalue weighted by molar-refractivity contribution is 0.103. The van der Waals surface area contributed by atoms with Crippen molar-refractivity contribution in [2.45, 2.75) is 0 Å². The number of carbonyl (C=O) groups is 1. The Balaban J connectivity index is 2.37. The Morgan fingerprint density at radius 3 is 2.41 bits per heavy atom. The van der Waals surface area contributed by atoms with Gasteiger partial charge in [-0.2, -0.15) is 11.3 Å². The highest BCUT2D eigenvalue weighted by Crippen LogP contribution is 2.28. The second-order valence-electron chi connectivity index (χ2n) is 3.41.